The highest BCUT2D eigenvalue weighted by atomic mass is 32.2. The molecule has 0 radical (unpaired) electrons. The summed E-state index contributed by atoms with van der Waals surface area (Å²) in [6.45, 7) is 2.24. The Morgan fingerprint density at radius 1 is 1.27 bits per heavy atom. The van der Waals surface area contributed by atoms with Gasteiger partial charge in [0.15, 0.2) is 0 Å². The highest BCUT2D eigenvalue weighted by Gasteiger charge is 2.29. The van der Waals surface area contributed by atoms with Crippen molar-refractivity contribution in [1.82, 2.24) is 0 Å². The zero-order valence-electron chi connectivity index (χ0n) is 8.49. The van der Waals surface area contributed by atoms with E-state index in [-0.39, 0.29) is 0 Å². The van der Waals surface area contributed by atoms with Crippen molar-refractivity contribution in [2.45, 2.75) is 23.1 Å². The van der Waals surface area contributed by atoms with Crippen molar-refractivity contribution in [1.29, 1.82) is 0 Å². The molecule has 0 saturated carbocycles. The van der Waals surface area contributed by atoms with Crippen molar-refractivity contribution in [2.24, 2.45) is 0 Å². The van der Waals surface area contributed by atoms with Crippen LogP contribution in [0.2, 0.25) is 0 Å². The van der Waals surface area contributed by atoms with Gasteiger partial charge < -0.3 is 0 Å². The lowest BCUT2D eigenvalue weighted by Crippen LogP contribution is -2.08. The van der Waals surface area contributed by atoms with E-state index in [0.29, 0.717) is 0 Å². The zero-order chi connectivity index (χ0) is 10.3. The van der Waals surface area contributed by atoms with Gasteiger partial charge >= 0.3 is 0 Å². The van der Waals surface area contributed by atoms with E-state index in [0.717, 1.165) is 6.42 Å². The van der Waals surface area contributed by atoms with E-state index in [1.54, 1.807) is 0 Å². The predicted molar refractivity (Wildman–Crippen MR) is 69.4 cm³/mol. The van der Waals surface area contributed by atoms with Gasteiger partial charge in [0, 0.05) is 12.1 Å². The molecule has 0 spiro atoms. The number of thioether (sulfide) groups is 1. The van der Waals surface area contributed by atoms with E-state index in [1.165, 1.54) is 25.1 Å². The Kier molecular flexibility index (Phi) is 2.26. The molecule has 0 fully saturated rings. The molecular formula is C13H11S2+. The number of rotatable bonds is 0. The highest BCUT2D eigenvalue weighted by molar-refractivity contribution is 8.06. The number of hydrogen-bond donors (Lipinski definition) is 0. The summed E-state index contributed by atoms with van der Waals surface area (Å²) in [5.41, 5.74) is 1.50. The molecule has 0 amide bonds. The SMILES string of the molecule is CC1=C2Sc3ccccc3[S+]=C2C=CC1. The molecule has 1 aliphatic heterocycles. The first-order valence-electron chi connectivity index (χ1n) is 5.03. The van der Waals surface area contributed by atoms with Gasteiger partial charge in [-0.15, -0.1) is 0 Å². The van der Waals surface area contributed by atoms with Crippen molar-refractivity contribution in [3.05, 3.63) is 46.9 Å². The summed E-state index contributed by atoms with van der Waals surface area (Å²) in [6.07, 6.45) is 5.63. The van der Waals surface area contributed by atoms with Crippen LogP contribution in [0.4, 0.5) is 0 Å². The lowest BCUT2D eigenvalue weighted by Gasteiger charge is -2.13. The molecule has 3 rings (SSSR count). The molecule has 1 aromatic rings. The Balaban J connectivity index is 2.19. The summed E-state index contributed by atoms with van der Waals surface area (Å²) in [7, 11) is 0. The smallest absolute Gasteiger partial charge is 0.0783 e. The van der Waals surface area contributed by atoms with Crippen LogP contribution in [0.15, 0.2) is 56.7 Å². The molecule has 2 aliphatic rings. The van der Waals surface area contributed by atoms with Gasteiger partial charge in [0.2, 0.25) is 21.1 Å². The van der Waals surface area contributed by atoms with Crippen LogP contribution in [-0.2, 0) is 11.4 Å². The molecule has 15 heavy (non-hydrogen) atoms. The average molecular weight is 231 g/mol. The van der Waals surface area contributed by atoms with E-state index in [9.17, 15) is 0 Å². The fraction of sp³-hybridized carbons (Fsp3) is 0.154. The summed E-state index contributed by atoms with van der Waals surface area (Å²) in [6, 6.07) is 8.64. The lowest BCUT2D eigenvalue weighted by molar-refractivity contribution is 1.19. The number of benzene rings is 1. The third-order valence-electron chi connectivity index (χ3n) is 2.59. The zero-order valence-corrected chi connectivity index (χ0v) is 10.1. The normalized spacial score (nSPS) is 18.3. The minimum Gasteiger partial charge on any atom is -0.0783 e. The van der Waals surface area contributed by atoms with Crippen LogP contribution in [0.1, 0.15) is 13.3 Å². The van der Waals surface area contributed by atoms with E-state index < -0.39 is 0 Å². The van der Waals surface area contributed by atoms with Gasteiger partial charge in [-0.1, -0.05) is 30.0 Å². The van der Waals surface area contributed by atoms with Crippen LogP contribution in [0, 0.1) is 0 Å². The standard InChI is InChI=1S/C13H11S2/c1-9-5-4-8-12-13(9)15-11-7-3-2-6-10(11)14-12/h2-4,6-8H,5H2,1H3/q+1. The van der Waals surface area contributed by atoms with Crippen molar-refractivity contribution >= 4 is 28.0 Å². The summed E-state index contributed by atoms with van der Waals surface area (Å²) in [5.74, 6) is 0. The average Bonchev–Trinajstić information content (AvgIpc) is 2.27. The van der Waals surface area contributed by atoms with Crippen LogP contribution in [0.5, 0.6) is 0 Å². The Morgan fingerprint density at radius 3 is 3.07 bits per heavy atom. The van der Waals surface area contributed by atoms with E-state index in [4.69, 9.17) is 0 Å². The van der Waals surface area contributed by atoms with Gasteiger partial charge in [-0.25, -0.2) is 0 Å². The Morgan fingerprint density at radius 2 is 2.13 bits per heavy atom. The summed E-state index contributed by atoms with van der Waals surface area (Å²) in [4.78, 5) is 5.68. The van der Waals surface area contributed by atoms with E-state index in [1.807, 2.05) is 23.1 Å². The summed E-state index contributed by atoms with van der Waals surface area (Å²) >= 11 is 3.82. The molecule has 1 aromatic carbocycles. The van der Waals surface area contributed by atoms with Gasteiger partial charge in [0.25, 0.3) is 0 Å². The second-order valence-corrected chi connectivity index (χ2v) is 5.87. The topological polar surface area (TPSA) is 0 Å². The number of fused-ring (bicyclic) bond motifs is 2. The molecule has 74 valence electrons. The molecule has 0 nitrogen and oxygen atoms in total. The Labute approximate surface area is 98.0 Å². The highest BCUT2D eigenvalue weighted by Crippen LogP contribution is 2.39. The second-order valence-electron chi connectivity index (χ2n) is 3.73. The van der Waals surface area contributed by atoms with Crippen LogP contribution in [0.3, 0.4) is 0 Å². The molecule has 0 N–H and O–H groups in total. The third kappa shape index (κ3) is 1.58. The van der Waals surface area contributed by atoms with Gasteiger partial charge in [0.05, 0.1) is 9.80 Å². The van der Waals surface area contributed by atoms with Crippen LogP contribution in [0.25, 0.3) is 0 Å². The van der Waals surface area contributed by atoms with Crippen LogP contribution >= 0.6 is 11.8 Å². The maximum Gasteiger partial charge on any atom is 0.245 e. The lowest BCUT2D eigenvalue weighted by atomic mass is 10.1. The van der Waals surface area contributed by atoms with Gasteiger partial charge in [-0.3, -0.25) is 0 Å². The molecule has 0 unspecified atom stereocenters. The monoisotopic (exact) mass is 231 g/mol. The first kappa shape index (κ1) is 9.37. The van der Waals surface area contributed by atoms with Gasteiger partial charge in [0.1, 0.15) is 0 Å². The minimum atomic E-state index is 1.11. The summed E-state index contributed by atoms with van der Waals surface area (Å²) in [5, 5.41) is 0. The number of hydrogen-bond acceptors (Lipinski definition) is 1. The van der Waals surface area contributed by atoms with Crippen molar-refractivity contribution in [3.8, 4) is 0 Å². The molecular weight excluding hydrogens is 220 g/mol. The maximum atomic E-state index is 2.26. The first-order chi connectivity index (χ1) is 7.34. The molecule has 2 heteroatoms. The van der Waals surface area contributed by atoms with Crippen molar-refractivity contribution < 1.29 is 0 Å². The predicted octanol–water partition coefficient (Wildman–Crippen LogP) is 3.64. The molecule has 0 bridgehead atoms. The Hall–Kier alpha value is -0.860. The van der Waals surface area contributed by atoms with Crippen LogP contribution < -0.4 is 0 Å². The fourth-order valence-corrected chi connectivity index (χ4v) is 4.23. The first-order valence-corrected chi connectivity index (χ1v) is 6.66. The second kappa shape index (κ2) is 3.62. The van der Waals surface area contributed by atoms with E-state index >= 15 is 0 Å². The number of allylic oxidation sites excluding steroid dienone is 4. The minimum absolute atomic E-state index is 1.11. The largest absolute Gasteiger partial charge is 0.245 e. The molecule has 0 atom stereocenters. The molecule has 1 aliphatic carbocycles. The van der Waals surface area contributed by atoms with Crippen molar-refractivity contribution in [2.75, 3.05) is 0 Å². The van der Waals surface area contributed by atoms with Crippen molar-refractivity contribution in [3.63, 3.8) is 0 Å². The third-order valence-corrected chi connectivity index (χ3v) is 5.33. The molecule has 0 aromatic heterocycles. The fourth-order valence-electron chi connectivity index (χ4n) is 1.79. The van der Waals surface area contributed by atoms with E-state index in [2.05, 4.69) is 43.3 Å². The van der Waals surface area contributed by atoms with Crippen LogP contribution in [-0.4, -0.2) is 4.86 Å². The van der Waals surface area contributed by atoms with Gasteiger partial charge in [-0.05, 0) is 25.0 Å². The molecule has 1 heterocycles. The quantitative estimate of drug-likeness (QED) is 0.485. The maximum absolute atomic E-state index is 2.26. The molecule has 0 saturated heterocycles. The summed E-state index contributed by atoms with van der Waals surface area (Å²) < 4.78 is 0. The Bertz CT molecular complexity index is 507. The van der Waals surface area contributed by atoms with Gasteiger partial charge in [-0.2, -0.15) is 0 Å².